The highest BCUT2D eigenvalue weighted by molar-refractivity contribution is 5.17. The Hall–Kier alpha value is -1.60. The van der Waals surface area contributed by atoms with Gasteiger partial charge in [-0.05, 0) is 43.2 Å². The van der Waals surface area contributed by atoms with E-state index in [4.69, 9.17) is 0 Å². The Morgan fingerprint density at radius 3 is 2.05 bits per heavy atom. The SMILES string of the molecule is c1ccc(CC[C@H]2CC[C@@H](Cc3ccccc3)N2)cc1. The summed E-state index contributed by atoms with van der Waals surface area (Å²) in [6.07, 6.45) is 6.26. The molecule has 0 aromatic heterocycles. The lowest BCUT2D eigenvalue weighted by Crippen LogP contribution is -2.31. The largest absolute Gasteiger partial charge is 0.311 e. The van der Waals surface area contributed by atoms with Gasteiger partial charge in [0.15, 0.2) is 0 Å². The van der Waals surface area contributed by atoms with Crippen LogP contribution in [0.4, 0.5) is 0 Å². The van der Waals surface area contributed by atoms with Crippen LogP contribution < -0.4 is 5.32 Å². The topological polar surface area (TPSA) is 12.0 Å². The summed E-state index contributed by atoms with van der Waals surface area (Å²) in [6, 6.07) is 23.0. The minimum atomic E-state index is 0.665. The Balaban J connectivity index is 1.45. The predicted molar refractivity (Wildman–Crippen MR) is 84.9 cm³/mol. The van der Waals surface area contributed by atoms with E-state index < -0.39 is 0 Å². The Kier molecular flexibility index (Phi) is 4.49. The molecule has 104 valence electrons. The van der Waals surface area contributed by atoms with Crippen molar-refractivity contribution in [1.82, 2.24) is 5.32 Å². The Morgan fingerprint density at radius 1 is 0.750 bits per heavy atom. The number of aryl methyl sites for hydroxylation is 1. The zero-order valence-corrected chi connectivity index (χ0v) is 12.0. The fourth-order valence-electron chi connectivity index (χ4n) is 3.18. The third kappa shape index (κ3) is 3.71. The maximum Gasteiger partial charge on any atom is 0.0111 e. The van der Waals surface area contributed by atoms with Crippen LogP contribution >= 0.6 is 0 Å². The molecule has 1 fully saturated rings. The molecule has 1 heterocycles. The van der Waals surface area contributed by atoms with Crippen molar-refractivity contribution >= 4 is 0 Å². The second kappa shape index (κ2) is 6.71. The molecule has 0 bridgehead atoms. The minimum absolute atomic E-state index is 0.665. The number of rotatable bonds is 5. The van der Waals surface area contributed by atoms with Crippen LogP contribution in [-0.4, -0.2) is 12.1 Å². The van der Waals surface area contributed by atoms with Crippen molar-refractivity contribution in [2.75, 3.05) is 0 Å². The Bertz CT molecular complexity index is 506. The first kappa shape index (κ1) is 13.4. The van der Waals surface area contributed by atoms with E-state index in [1.54, 1.807) is 0 Å². The van der Waals surface area contributed by atoms with Gasteiger partial charge in [-0.2, -0.15) is 0 Å². The Labute approximate surface area is 122 Å². The van der Waals surface area contributed by atoms with Crippen LogP contribution in [0.1, 0.15) is 30.4 Å². The average molecular weight is 265 g/mol. The molecule has 1 N–H and O–H groups in total. The van der Waals surface area contributed by atoms with Crippen molar-refractivity contribution in [1.29, 1.82) is 0 Å². The summed E-state index contributed by atoms with van der Waals surface area (Å²) in [5.41, 5.74) is 2.91. The summed E-state index contributed by atoms with van der Waals surface area (Å²) in [5.74, 6) is 0. The van der Waals surface area contributed by atoms with Gasteiger partial charge < -0.3 is 5.32 Å². The van der Waals surface area contributed by atoms with Gasteiger partial charge in [-0.25, -0.2) is 0 Å². The first-order valence-electron chi connectivity index (χ1n) is 7.74. The predicted octanol–water partition coefficient (Wildman–Crippen LogP) is 3.98. The van der Waals surface area contributed by atoms with Crippen LogP contribution in [-0.2, 0) is 12.8 Å². The first-order valence-corrected chi connectivity index (χ1v) is 7.74. The van der Waals surface area contributed by atoms with E-state index in [1.165, 1.54) is 43.2 Å². The molecule has 2 aromatic carbocycles. The van der Waals surface area contributed by atoms with Crippen LogP contribution in [0.3, 0.4) is 0 Å². The van der Waals surface area contributed by atoms with Crippen molar-refractivity contribution < 1.29 is 0 Å². The molecule has 20 heavy (non-hydrogen) atoms. The van der Waals surface area contributed by atoms with Gasteiger partial charge in [-0.1, -0.05) is 60.7 Å². The third-order valence-corrected chi connectivity index (χ3v) is 4.28. The third-order valence-electron chi connectivity index (χ3n) is 4.28. The molecular formula is C19H23N. The monoisotopic (exact) mass is 265 g/mol. The normalized spacial score (nSPS) is 22.0. The highest BCUT2D eigenvalue weighted by atomic mass is 15.0. The molecule has 2 aromatic rings. The van der Waals surface area contributed by atoms with Gasteiger partial charge in [0.2, 0.25) is 0 Å². The summed E-state index contributed by atoms with van der Waals surface area (Å²) in [4.78, 5) is 0. The maximum atomic E-state index is 3.81. The van der Waals surface area contributed by atoms with Gasteiger partial charge in [0.1, 0.15) is 0 Å². The molecule has 3 rings (SSSR count). The lowest BCUT2D eigenvalue weighted by atomic mass is 10.0. The van der Waals surface area contributed by atoms with Gasteiger partial charge >= 0.3 is 0 Å². The Morgan fingerprint density at radius 2 is 1.35 bits per heavy atom. The van der Waals surface area contributed by atoms with Crippen molar-refractivity contribution in [3.05, 3.63) is 71.8 Å². The highest BCUT2D eigenvalue weighted by Crippen LogP contribution is 2.20. The van der Waals surface area contributed by atoms with Crippen LogP contribution in [0.15, 0.2) is 60.7 Å². The van der Waals surface area contributed by atoms with Crippen LogP contribution in [0.25, 0.3) is 0 Å². The molecule has 1 nitrogen and oxygen atoms in total. The van der Waals surface area contributed by atoms with E-state index in [0.717, 1.165) is 0 Å². The molecular weight excluding hydrogens is 242 g/mol. The summed E-state index contributed by atoms with van der Waals surface area (Å²) >= 11 is 0. The fourth-order valence-corrected chi connectivity index (χ4v) is 3.18. The number of hydrogen-bond acceptors (Lipinski definition) is 1. The smallest absolute Gasteiger partial charge is 0.0111 e. The second-order valence-corrected chi connectivity index (χ2v) is 5.85. The number of benzene rings is 2. The first-order chi connectivity index (χ1) is 9.90. The van der Waals surface area contributed by atoms with Crippen molar-refractivity contribution in [2.24, 2.45) is 0 Å². The molecule has 1 aliphatic rings. The summed E-state index contributed by atoms with van der Waals surface area (Å²) in [5, 5.41) is 3.81. The molecule has 1 saturated heterocycles. The van der Waals surface area contributed by atoms with Crippen LogP contribution in [0.2, 0.25) is 0 Å². The average Bonchev–Trinajstić information content (AvgIpc) is 2.95. The molecule has 0 aliphatic carbocycles. The zero-order chi connectivity index (χ0) is 13.6. The molecule has 0 unspecified atom stereocenters. The molecule has 0 spiro atoms. The highest BCUT2D eigenvalue weighted by Gasteiger charge is 2.23. The standard InChI is InChI=1S/C19H23N/c1-3-7-16(8-4-1)11-12-18-13-14-19(20-18)15-17-9-5-2-6-10-17/h1-10,18-20H,11-15H2/t18-,19-/m0/s1. The minimum Gasteiger partial charge on any atom is -0.311 e. The maximum absolute atomic E-state index is 3.81. The molecule has 0 radical (unpaired) electrons. The fraction of sp³-hybridized carbons (Fsp3) is 0.368. The summed E-state index contributed by atoms with van der Waals surface area (Å²) in [6.45, 7) is 0. The molecule has 0 amide bonds. The molecule has 0 saturated carbocycles. The van der Waals surface area contributed by atoms with E-state index in [2.05, 4.69) is 66.0 Å². The van der Waals surface area contributed by atoms with Gasteiger partial charge in [0, 0.05) is 12.1 Å². The quantitative estimate of drug-likeness (QED) is 0.862. The summed E-state index contributed by atoms with van der Waals surface area (Å²) < 4.78 is 0. The second-order valence-electron chi connectivity index (χ2n) is 5.85. The van der Waals surface area contributed by atoms with E-state index in [-0.39, 0.29) is 0 Å². The lowest BCUT2D eigenvalue weighted by Gasteiger charge is -2.14. The van der Waals surface area contributed by atoms with Gasteiger partial charge in [0.25, 0.3) is 0 Å². The van der Waals surface area contributed by atoms with Crippen LogP contribution in [0, 0.1) is 0 Å². The van der Waals surface area contributed by atoms with Crippen molar-refractivity contribution in [3.8, 4) is 0 Å². The van der Waals surface area contributed by atoms with E-state index >= 15 is 0 Å². The van der Waals surface area contributed by atoms with E-state index in [9.17, 15) is 0 Å². The van der Waals surface area contributed by atoms with Gasteiger partial charge in [0.05, 0.1) is 0 Å². The van der Waals surface area contributed by atoms with Crippen LogP contribution in [0.5, 0.6) is 0 Å². The van der Waals surface area contributed by atoms with Gasteiger partial charge in [-0.3, -0.25) is 0 Å². The van der Waals surface area contributed by atoms with E-state index in [0.29, 0.717) is 12.1 Å². The lowest BCUT2D eigenvalue weighted by molar-refractivity contribution is 0.509. The van der Waals surface area contributed by atoms with Crippen molar-refractivity contribution in [2.45, 2.75) is 44.2 Å². The molecule has 1 aliphatic heterocycles. The zero-order valence-electron chi connectivity index (χ0n) is 12.0. The summed E-state index contributed by atoms with van der Waals surface area (Å²) in [7, 11) is 0. The van der Waals surface area contributed by atoms with Crippen molar-refractivity contribution in [3.63, 3.8) is 0 Å². The molecule has 1 heteroatoms. The number of hydrogen-bond donors (Lipinski definition) is 1. The van der Waals surface area contributed by atoms with Gasteiger partial charge in [-0.15, -0.1) is 0 Å². The number of nitrogens with one attached hydrogen (secondary N) is 1. The van der Waals surface area contributed by atoms with E-state index in [1.807, 2.05) is 0 Å². The molecule has 2 atom stereocenters.